The van der Waals surface area contributed by atoms with Crippen molar-refractivity contribution in [2.45, 2.75) is 50.6 Å². The smallest absolute Gasteiger partial charge is 0.410 e. The fourth-order valence-corrected chi connectivity index (χ4v) is 2.81. The number of nitrogens with zero attached hydrogens (tertiary/aromatic N) is 2. The molecule has 2 amide bonds. The lowest BCUT2D eigenvalue weighted by Crippen LogP contribution is -2.41. The standard InChI is InChI=1S/C13H21ClN2O3/c1-13(2,3)19-12(18)15-5-4-10(8-15)16-7-9(14)6-11(16)17/h9-10H,4-8H2,1-3H3. The first kappa shape index (κ1) is 14.4. The second kappa shape index (κ2) is 5.19. The largest absolute Gasteiger partial charge is 0.444 e. The molecule has 0 aromatic carbocycles. The van der Waals surface area contributed by atoms with E-state index in [1.165, 1.54) is 0 Å². The summed E-state index contributed by atoms with van der Waals surface area (Å²) in [6, 6.07) is 0.0868. The molecule has 2 aliphatic heterocycles. The zero-order chi connectivity index (χ0) is 14.2. The third-order valence-electron chi connectivity index (χ3n) is 3.37. The minimum absolute atomic E-state index is 0.0868. The Labute approximate surface area is 118 Å². The summed E-state index contributed by atoms with van der Waals surface area (Å²) in [6.07, 6.45) is 0.906. The molecule has 0 aromatic rings. The van der Waals surface area contributed by atoms with Gasteiger partial charge in [-0.25, -0.2) is 4.79 Å². The minimum Gasteiger partial charge on any atom is -0.444 e. The van der Waals surface area contributed by atoms with Crippen LogP contribution in [0.5, 0.6) is 0 Å². The zero-order valence-electron chi connectivity index (χ0n) is 11.7. The third-order valence-corrected chi connectivity index (χ3v) is 3.66. The number of hydrogen-bond acceptors (Lipinski definition) is 3. The molecule has 0 bridgehead atoms. The van der Waals surface area contributed by atoms with E-state index >= 15 is 0 Å². The summed E-state index contributed by atoms with van der Waals surface area (Å²) in [7, 11) is 0. The Balaban J connectivity index is 1.90. The first-order chi connectivity index (χ1) is 8.76. The van der Waals surface area contributed by atoms with Crippen LogP contribution in [0.25, 0.3) is 0 Å². The van der Waals surface area contributed by atoms with Gasteiger partial charge in [-0.05, 0) is 27.2 Å². The van der Waals surface area contributed by atoms with Crippen LogP contribution in [0.1, 0.15) is 33.6 Å². The van der Waals surface area contributed by atoms with Gasteiger partial charge in [0, 0.05) is 26.1 Å². The molecule has 2 unspecified atom stereocenters. The van der Waals surface area contributed by atoms with E-state index in [1.54, 1.807) is 4.90 Å². The first-order valence-electron chi connectivity index (χ1n) is 6.68. The van der Waals surface area contributed by atoms with E-state index in [1.807, 2.05) is 25.7 Å². The van der Waals surface area contributed by atoms with Crippen molar-refractivity contribution in [2.24, 2.45) is 0 Å². The van der Waals surface area contributed by atoms with Gasteiger partial charge in [0.2, 0.25) is 5.91 Å². The number of ether oxygens (including phenoxy) is 1. The van der Waals surface area contributed by atoms with Gasteiger partial charge in [-0.2, -0.15) is 0 Å². The number of amides is 2. The molecule has 19 heavy (non-hydrogen) atoms. The summed E-state index contributed by atoms with van der Waals surface area (Å²) < 4.78 is 5.34. The Morgan fingerprint density at radius 2 is 2.05 bits per heavy atom. The van der Waals surface area contributed by atoms with Crippen molar-refractivity contribution in [3.8, 4) is 0 Å². The Morgan fingerprint density at radius 1 is 1.37 bits per heavy atom. The van der Waals surface area contributed by atoms with E-state index in [-0.39, 0.29) is 23.4 Å². The summed E-state index contributed by atoms with van der Waals surface area (Å²) in [5.41, 5.74) is -0.486. The molecule has 2 atom stereocenters. The highest BCUT2D eigenvalue weighted by molar-refractivity contribution is 6.22. The number of halogens is 1. The molecule has 5 nitrogen and oxygen atoms in total. The van der Waals surface area contributed by atoms with E-state index in [2.05, 4.69) is 0 Å². The van der Waals surface area contributed by atoms with Crippen molar-refractivity contribution in [2.75, 3.05) is 19.6 Å². The predicted octanol–water partition coefficient (Wildman–Crippen LogP) is 1.84. The van der Waals surface area contributed by atoms with Crippen molar-refractivity contribution >= 4 is 23.6 Å². The van der Waals surface area contributed by atoms with Gasteiger partial charge in [0.1, 0.15) is 5.60 Å². The Hall–Kier alpha value is -0.970. The van der Waals surface area contributed by atoms with Crippen LogP contribution < -0.4 is 0 Å². The monoisotopic (exact) mass is 288 g/mol. The molecule has 0 N–H and O–H groups in total. The lowest BCUT2D eigenvalue weighted by molar-refractivity contribution is -0.129. The maximum Gasteiger partial charge on any atom is 0.410 e. The number of carbonyl (C=O) groups excluding carboxylic acids is 2. The van der Waals surface area contributed by atoms with Crippen molar-refractivity contribution in [3.05, 3.63) is 0 Å². The summed E-state index contributed by atoms with van der Waals surface area (Å²) in [5, 5.41) is -0.0944. The second-order valence-electron chi connectivity index (χ2n) is 6.22. The van der Waals surface area contributed by atoms with E-state index in [9.17, 15) is 9.59 Å². The van der Waals surface area contributed by atoms with Crippen molar-refractivity contribution in [1.82, 2.24) is 9.80 Å². The Morgan fingerprint density at radius 3 is 2.58 bits per heavy atom. The van der Waals surface area contributed by atoms with E-state index in [0.717, 1.165) is 6.42 Å². The Kier molecular flexibility index (Phi) is 3.95. The van der Waals surface area contributed by atoms with Crippen molar-refractivity contribution in [1.29, 1.82) is 0 Å². The molecule has 2 rings (SSSR count). The maximum absolute atomic E-state index is 11.9. The van der Waals surface area contributed by atoms with Gasteiger partial charge in [-0.1, -0.05) is 0 Å². The van der Waals surface area contributed by atoms with Gasteiger partial charge >= 0.3 is 6.09 Å². The SMILES string of the molecule is CC(C)(C)OC(=O)N1CCC(N2CC(Cl)CC2=O)C1. The number of rotatable bonds is 1. The molecule has 108 valence electrons. The third kappa shape index (κ3) is 3.53. The molecule has 0 spiro atoms. The van der Waals surface area contributed by atoms with Crippen LogP contribution in [-0.4, -0.2) is 58.5 Å². The van der Waals surface area contributed by atoms with Gasteiger partial charge in [0.15, 0.2) is 0 Å². The maximum atomic E-state index is 11.9. The summed E-state index contributed by atoms with van der Waals surface area (Å²) in [6.45, 7) is 7.31. The van der Waals surface area contributed by atoms with Crippen LogP contribution in [0.15, 0.2) is 0 Å². The number of carbonyl (C=O) groups is 2. The number of alkyl halides is 1. The highest BCUT2D eigenvalue weighted by Crippen LogP contribution is 2.25. The molecule has 2 saturated heterocycles. The molecule has 2 aliphatic rings. The molecule has 0 saturated carbocycles. The van der Waals surface area contributed by atoms with Crippen LogP contribution in [0, 0.1) is 0 Å². The second-order valence-corrected chi connectivity index (χ2v) is 6.83. The highest BCUT2D eigenvalue weighted by Gasteiger charge is 2.38. The molecular formula is C13H21ClN2O3. The summed E-state index contributed by atoms with van der Waals surface area (Å²) >= 11 is 6.00. The predicted molar refractivity (Wildman–Crippen MR) is 72.2 cm³/mol. The van der Waals surface area contributed by atoms with E-state index in [4.69, 9.17) is 16.3 Å². The topological polar surface area (TPSA) is 49.9 Å². The normalized spacial score (nSPS) is 28.1. The summed E-state index contributed by atoms with van der Waals surface area (Å²) in [5.74, 6) is 0.0936. The fraction of sp³-hybridized carbons (Fsp3) is 0.846. The Bertz CT molecular complexity index is 381. The van der Waals surface area contributed by atoms with Crippen LogP contribution in [-0.2, 0) is 9.53 Å². The molecule has 0 aromatic heterocycles. The van der Waals surface area contributed by atoms with E-state index in [0.29, 0.717) is 26.1 Å². The first-order valence-corrected chi connectivity index (χ1v) is 7.11. The molecular weight excluding hydrogens is 268 g/mol. The fourth-order valence-electron chi connectivity index (χ4n) is 2.53. The molecule has 2 heterocycles. The summed E-state index contributed by atoms with van der Waals surface area (Å²) in [4.78, 5) is 27.2. The number of hydrogen-bond donors (Lipinski definition) is 0. The zero-order valence-corrected chi connectivity index (χ0v) is 12.4. The van der Waals surface area contributed by atoms with Crippen molar-refractivity contribution in [3.63, 3.8) is 0 Å². The van der Waals surface area contributed by atoms with Gasteiger partial charge in [-0.15, -0.1) is 11.6 Å². The lowest BCUT2D eigenvalue weighted by Gasteiger charge is -2.26. The molecule has 0 radical (unpaired) electrons. The average Bonchev–Trinajstić information content (AvgIpc) is 2.82. The van der Waals surface area contributed by atoms with Gasteiger partial charge in [0.25, 0.3) is 0 Å². The molecule has 2 fully saturated rings. The van der Waals surface area contributed by atoms with Gasteiger partial charge in [-0.3, -0.25) is 4.79 Å². The van der Waals surface area contributed by atoms with E-state index < -0.39 is 5.60 Å². The molecule has 6 heteroatoms. The average molecular weight is 289 g/mol. The van der Waals surface area contributed by atoms with Gasteiger partial charge in [0.05, 0.1) is 11.4 Å². The number of likely N-dealkylation sites (tertiary alicyclic amines) is 2. The minimum atomic E-state index is -0.486. The van der Waals surface area contributed by atoms with Crippen LogP contribution in [0.2, 0.25) is 0 Å². The highest BCUT2D eigenvalue weighted by atomic mass is 35.5. The van der Waals surface area contributed by atoms with Gasteiger partial charge < -0.3 is 14.5 Å². The lowest BCUT2D eigenvalue weighted by atomic mass is 10.2. The molecule has 0 aliphatic carbocycles. The quantitative estimate of drug-likeness (QED) is 0.692. The van der Waals surface area contributed by atoms with Crippen LogP contribution in [0.3, 0.4) is 0 Å². The van der Waals surface area contributed by atoms with Crippen LogP contribution >= 0.6 is 11.6 Å². The van der Waals surface area contributed by atoms with Crippen molar-refractivity contribution < 1.29 is 14.3 Å². The van der Waals surface area contributed by atoms with Crippen LogP contribution in [0.4, 0.5) is 4.79 Å².